The first-order valence-corrected chi connectivity index (χ1v) is 6.68. The first kappa shape index (κ1) is 12.4. The minimum absolute atomic E-state index is 0.150. The van der Waals surface area contributed by atoms with Gasteiger partial charge in [0.2, 0.25) is 0 Å². The number of anilines is 1. The van der Waals surface area contributed by atoms with Crippen LogP contribution in [0.15, 0.2) is 18.2 Å². The fourth-order valence-corrected chi connectivity index (χ4v) is 2.64. The van der Waals surface area contributed by atoms with Crippen molar-refractivity contribution in [3.63, 3.8) is 0 Å². The molecule has 0 aliphatic heterocycles. The summed E-state index contributed by atoms with van der Waals surface area (Å²) in [5, 5.41) is 3.57. The average molecular weight is 235 g/mol. The molecule has 0 aromatic heterocycles. The van der Waals surface area contributed by atoms with Crippen LogP contribution in [0.1, 0.15) is 44.6 Å². The summed E-state index contributed by atoms with van der Waals surface area (Å²) >= 11 is 0. The smallest absolute Gasteiger partial charge is 0.123 e. The van der Waals surface area contributed by atoms with Crippen molar-refractivity contribution in [2.24, 2.45) is 5.92 Å². The van der Waals surface area contributed by atoms with Crippen molar-refractivity contribution >= 4 is 5.69 Å². The zero-order chi connectivity index (χ0) is 12.3. The summed E-state index contributed by atoms with van der Waals surface area (Å²) in [7, 11) is 0. The Balaban J connectivity index is 2.00. The molecule has 1 aromatic rings. The molecule has 2 rings (SSSR count). The van der Waals surface area contributed by atoms with Gasteiger partial charge in [-0.1, -0.05) is 19.8 Å². The van der Waals surface area contributed by atoms with Gasteiger partial charge >= 0.3 is 0 Å². The van der Waals surface area contributed by atoms with Gasteiger partial charge in [-0.25, -0.2) is 4.39 Å². The monoisotopic (exact) mass is 235 g/mol. The fourth-order valence-electron chi connectivity index (χ4n) is 2.64. The number of rotatable bonds is 2. The maximum absolute atomic E-state index is 13.0. The van der Waals surface area contributed by atoms with Crippen LogP contribution in [0.2, 0.25) is 0 Å². The standard InChI is InChI=1S/C15H22FN/c1-11-4-3-5-14(8-6-11)17-15-9-7-13(16)10-12(15)2/h7,9-11,14,17H,3-6,8H2,1-2H3. The Kier molecular flexibility index (Phi) is 4.03. The van der Waals surface area contributed by atoms with Gasteiger partial charge in [-0.15, -0.1) is 0 Å². The van der Waals surface area contributed by atoms with Crippen LogP contribution in [0.25, 0.3) is 0 Å². The summed E-state index contributed by atoms with van der Waals surface area (Å²) in [6, 6.07) is 5.55. The molecule has 0 spiro atoms. The Bertz CT molecular complexity index is 375. The highest BCUT2D eigenvalue weighted by Gasteiger charge is 2.16. The fraction of sp³-hybridized carbons (Fsp3) is 0.600. The molecule has 0 radical (unpaired) electrons. The molecule has 1 saturated carbocycles. The van der Waals surface area contributed by atoms with Crippen molar-refractivity contribution in [3.8, 4) is 0 Å². The summed E-state index contributed by atoms with van der Waals surface area (Å²) in [4.78, 5) is 0. The molecule has 0 bridgehead atoms. The number of nitrogens with one attached hydrogen (secondary N) is 1. The van der Waals surface area contributed by atoms with Crippen LogP contribution in [0.4, 0.5) is 10.1 Å². The lowest BCUT2D eigenvalue weighted by Crippen LogP contribution is -2.19. The van der Waals surface area contributed by atoms with E-state index in [0.717, 1.165) is 17.2 Å². The molecule has 2 heteroatoms. The van der Waals surface area contributed by atoms with E-state index in [-0.39, 0.29) is 5.82 Å². The first-order valence-electron chi connectivity index (χ1n) is 6.68. The molecule has 0 amide bonds. The van der Waals surface area contributed by atoms with Crippen molar-refractivity contribution in [2.75, 3.05) is 5.32 Å². The molecular weight excluding hydrogens is 213 g/mol. The predicted octanol–water partition coefficient (Wildman–Crippen LogP) is 4.51. The SMILES string of the molecule is Cc1cc(F)ccc1NC1CCCC(C)CC1. The van der Waals surface area contributed by atoms with Crippen molar-refractivity contribution in [2.45, 2.75) is 52.0 Å². The van der Waals surface area contributed by atoms with E-state index < -0.39 is 0 Å². The van der Waals surface area contributed by atoms with E-state index in [1.54, 1.807) is 6.07 Å². The van der Waals surface area contributed by atoms with E-state index in [1.165, 1.54) is 38.2 Å². The third-order valence-corrected chi connectivity index (χ3v) is 3.81. The Morgan fingerprint density at radius 2 is 2.00 bits per heavy atom. The molecule has 1 aromatic carbocycles. The molecule has 94 valence electrons. The van der Waals surface area contributed by atoms with Gasteiger partial charge in [-0.05, 0) is 55.9 Å². The van der Waals surface area contributed by atoms with E-state index >= 15 is 0 Å². The third kappa shape index (κ3) is 3.45. The molecule has 1 fully saturated rings. The van der Waals surface area contributed by atoms with Crippen molar-refractivity contribution in [3.05, 3.63) is 29.6 Å². The maximum atomic E-state index is 13.0. The molecule has 0 heterocycles. The Morgan fingerprint density at radius 1 is 1.18 bits per heavy atom. The van der Waals surface area contributed by atoms with Crippen LogP contribution in [0, 0.1) is 18.7 Å². The number of aryl methyl sites for hydroxylation is 1. The van der Waals surface area contributed by atoms with Crippen LogP contribution < -0.4 is 5.32 Å². The minimum atomic E-state index is -0.150. The Morgan fingerprint density at radius 3 is 2.76 bits per heavy atom. The summed E-state index contributed by atoms with van der Waals surface area (Å²) in [5.74, 6) is 0.707. The van der Waals surface area contributed by atoms with Crippen LogP contribution in [-0.4, -0.2) is 6.04 Å². The van der Waals surface area contributed by atoms with Gasteiger partial charge < -0.3 is 5.32 Å². The lowest BCUT2D eigenvalue weighted by Gasteiger charge is -2.19. The lowest BCUT2D eigenvalue weighted by atomic mass is 10.0. The number of benzene rings is 1. The van der Waals surface area contributed by atoms with Crippen LogP contribution >= 0.6 is 0 Å². The van der Waals surface area contributed by atoms with Crippen molar-refractivity contribution in [1.29, 1.82) is 0 Å². The Hall–Kier alpha value is -1.05. The zero-order valence-electron chi connectivity index (χ0n) is 10.8. The van der Waals surface area contributed by atoms with Gasteiger partial charge in [0.25, 0.3) is 0 Å². The summed E-state index contributed by atoms with van der Waals surface area (Å²) in [5.41, 5.74) is 2.09. The minimum Gasteiger partial charge on any atom is -0.382 e. The second-order valence-corrected chi connectivity index (χ2v) is 5.41. The highest BCUT2D eigenvalue weighted by Crippen LogP contribution is 2.26. The molecular formula is C15H22FN. The second kappa shape index (κ2) is 5.52. The maximum Gasteiger partial charge on any atom is 0.123 e. The largest absolute Gasteiger partial charge is 0.382 e. The van der Waals surface area contributed by atoms with Gasteiger partial charge in [-0.3, -0.25) is 0 Å². The highest BCUT2D eigenvalue weighted by molar-refractivity contribution is 5.51. The quantitative estimate of drug-likeness (QED) is 0.743. The number of hydrogen-bond donors (Lipinski definition) is 1. The van der Waals surface area contributed by atoms with Crippen molar-refractivity contribution < 1.29 is 4.39 Å². The van der Waals surface area contributed by atoms with Crippen LogP contribution in [-0.2, 0) is 0 Å². The van der Waals surface area contributed by atoms with E-state index in [1.807, 2.05) is 13.0 Å². The molecule has 2 atom stereocenters. The van der Waals surface area contributed by atoms with Gasteiger partial charge in [0.05, 0.1) is 0 Å². The molecule has 1 aliphatic carbocycles. The molecule has 1 nitrogen and oxygen atoms in total. The molecule has 17 heavy (non-hydrogen) atoms. The van der Waals surface area contributed by atoms with Crippen molar-refractivity contribution in [1.82, 2.24) is 0 Å². The van der Waals surface area contributed by atoms with E-state index in [0.29, 0.717) is 6.04 Å². The highest BCUT2D eigenvalue weighted by atomic mass is 19.1. The summed E-state index contributed by atoms with van der Waals surface area (Å²) in [6.45, 7) is 4.30. The predicted molar refractivity (Wildman–Crippen MR) is 70.8 cm³/mol. The van der Waals surface area contributed by atoms with E-state index in [2.05, 4.69) is 12.2 Å². The summed E-state index contributed by atoms with van der Waals surface area (Å²) < 4.78 is 13.0. The molecule has 1 N–H and O–H groups in total. The molecule has 2 unspecified atom stereocenters. The lowest BCUT2D eigenvalue weighted by molar-refractivity contribution is 0.502. The zero-order valence-corrected chi connectivity index (χ0v) is 10.8. The van der Waals surface area contributed by atoms with Crippen LogP contribution in [0.3, 0.4) is 0 Å². The topological polar surface area (TPSA) is 12.0 Å². The van der Waals surface area contributed by atoms with E-state index in [4.69, 9.17) is 0 Å². The normalized spacial score (nSPS) is 25.4. The van der Waals surface area contributed by atoms with Crippen LogP contribution in [0.5, 0.6) is 0 Å². The Labute approximate surface area is 103 Å². The van der Waals surface area contributed by atoms with Gasteiger partial charge in [0, 0.05) is 11.7 Å². The van der Waals surface area contributed by atoms with Gasteiger partial charge in [0.15, 0.2) is 0 Å². The number of hydrogen-bond acceptors (Lipinski definition) is 1. The summed E-state index contributed by atoms with van der Waals surface area (Å²) in [6.07, 6.45) is 6.43. The first-order chi connectivity index (χ1) is 8.15. The molecule has 1 aliphatic rings. The third-order valence-electron chi connectivity index (χ3n) is 3.81. The second-order valence-electron chi connectivity index (χ2n) is 5.41. The van der Waals surface area contributed by atoms with E-state index in [9.17, 15) is 4.39 Å². The average Bonchev–Trinajstić information content (AvgIpc) is 2.48. The number of halogens is 1. The molecule has 0 saturated heterocycles. The van der Waals surface area contributed by atoms with Gasteiger partial charge in [0.1, 0.15) is 5.82 Å². The van der Waals surface area contributed by atoms with Gasteiger partial charge in [-0.2, -0.15) is 0 Å².